The molecule has 1 amide bonds. The van der Waals surface area contributed by atoms with E-state index < -0.39 is 0 Å². The van der Waals surface area contributed by atoms with Gasteiger partial charge in [0.25, 0.3) is 5.91 Å². The number of rotatable bonds is 4. The average Bonchev–Trinajstić information content (AvgIpc) is 3.14. The lowest BCUT2D eigenvalue weighted by Crippen LogP contribution is -2.23. The number of fused-ring (bicyclic) bond motifs is 2. The van der Waals surface area contributed by atoms with Crippen molar-refractivity contribution in [2.75, 3.05) is 19.0 Å². The molecule has 0 saturated heterocycles. The monoisotopic (exact) mass is 346 g/mol. The predicted octanol–water partition coefficient (Wildman–Crippen LogP) is 3.11. The highest BCUT2D eigenvalue weighted by molar-refractivity contribution is 5.99. The minimum Gasteiger partial charge on any atom is -0.362 e. The molecule has 1 aliphatic rings. The maximum Gasteiger partial charge on any atom is 0.251 e. The van der Waals surface area contributed by atoms with Crippen LogP contribution in [0.1, 0.15) is 33.5 Å². The van der Waals surface area contributed by atoms with Gasteiger partial charge in [0.2, 0.25) is 0 Å². The van der Waals surface area contributed by atoms with Crippen LogP contribution < -0.4 is 10.2 Å². The number of carbonyl (C=O) groups excluding carboxylic acids is 1. The highest BCUT2D eigenvalue weighted by Gasteiger charge is 2.15. The maximum atomic E-state index is 12.6. The van der Waals surface area contributed by atoms with Crippen molar-refractivity contribution in [2.45, 2.75) is 25.8 Å². The van der Waals surface area contributed by atoms with Crippen LogP contribution in [0.2, 0.25) is 0 Å². The number of benzene rings is 2. The lowest BCUT2D eigenvalue weighted by molar-refractivity contribution is 0.0951. The van der Waals surface area contributed by atoms with E-state index in [-0.39, 0.29) is 5.91 Å². The van der Waals surface area contributed by atoms with Gasteiger partial charge >= 0.3 is 0 Å². The van der Waals surface area contributed by atoms with Crippen molar-refractivity contribution in [1.82, 2.24) is 15.3 Å². The highest BCUT2D eigenvalue weighted by atomic mass is 16.1. The van der Waals surface area contributed by atoms with Crippen LogP contribution in [0.3, 0.4) is 0 Å². The molecule has 1 aromatic heterocycles. The Balaban J connectivity index is 1.54. The molecule has 0 aliphatic heterocycles. The minimum atomic E-state index is -0.0764. The number of anilines is 1. The third-order valence-electron chi connectivity index (χ3n) is 4.98. The van der Waals surface area contributed by atoms with Crippen LogP contribution in [-0.2, 0) is 19.4 Å². The Kier molecular flexibility index (Phi) is 4.29. The quantitative estimate of drug-likeness (QED) is 0.789. The molecule has 1 N–H and O–H groups in total. The molecule has 5 heteroatoms. The Morgan fingerprint density at radius 3 is 2.88 bits per heavy atom. The van der Waals surface area contributed by atoms with Gasteiger partial charge in [0, 0.05) is 31.6 Å². The number of nitrogens with zero attached hydrogens (tertiary/aromatic N) is 3. The van der Waals surface area contributed by atoms with Crippen molar-refractivity contribution in [3.63, 3.8) is 0 Å². The first-order chi connectivity index (χ1) is 12.6. The Labute approximate surface area is 153 Å². The van der Waals surface area contributed by atoms with E-state index in [1.54, 1.807) is 0 Å². The van der Waals surface area contributed by atoms with Gasteiger partial charge in [0.15, 0.2) is 0 Å². The van der Waals surface area contributed by atoms with Gasteiger partial charge in [-0.15, -0.1) is 0 Å². The Hall–Kier alpha value is -2.95. The van der Waals surface area contributed by atoms with E-state index in [9.17, 15) is 4.79 Å². The van der Waals surface area contributed by atoms with Gasteiger partial charge in [-0.05, 0) is 54.2 Å². The van der Waals surface area contributed by atoms with Crippen molar-refractivity contribution in [3.8, 4) is 0 Å². The second kappa shape index (κ2) is 6.75. The molecule has 5 nitrogen and oxygen atoms in total. The molecular weight excluding hydrogens is 324 g/mol. The van der Waals surface area contributed by atoms with Gasteiger partial charge in [-0.25, -0.2) is 9.97 Å². The molecule has 132 valence electrons. The van der Waals surface area contributed by atoms with E-state index in [1.165, 1.54) is 29.4 Å². The molecule has 0 bridgehead atoms. The summed E-state index contributed by atoms with van der Waals surface area (Å²) in [6.45, 7) is 0.562. The summed E-state index contributed by atoms with van der Waals surface area (Å²) >= 11 is 0. The zero-order chi connectivity index (χ0) is 18.1. The van der Waals surface area contributed by atoms with Crippen molar-refractivity contribution in [3.05, 3.63) is 65.0 Å². The van der Waals surface area contributed by atoms with Crippen LogP contribution in [0.25, 0.3) is 10.9 Å². The maximum absolute atomic E-state index is 12.6. The van der Waals surface area contributed by atoms with Gasteiger partial charge in [-0.1, -0.05) is 18.2 Å². The summed E-state index contributed by atoms with van der Waals surface area (Å²) in [4.78, 5) is 23.2. The van der Waals surface area contributed by atoms with Crippen molar-refractivity contribution >= 4 is 22.6 Å². The van der Waals surface area contributed by atoms with E-state index in [1.807, 2.05) is 37.2 Å². The summed E-state index contributed by atoms with van der Waals surface area (Å²) in [5.41, 5.74) is 5.46. The molecule has 2 aromatic carbocycles. The molecule has 0 saturated carbocycles. The van der Waals surface area contributed by atoms with Gasteiger partial charge < -0.3 is 10.2 Å². The van der Waals surface area contributed by atoms with Crippen LogP contribution in [-0.4, -0.2) is 30.0 Å². The lowest BCUT2D eigenvalue weighted by Gasteiger charge is -2.14. The van der Waals surface area contributed by atoms with Crippen LogP contribution >= 0.6 is 0 Å². The highest BCUT2D eigenvalue weighted by Crippen LogP contribution is 2.25. The number of nitrogens with one attached hydrogen (secondary N) is 1. The summed E-state index contributed by atoms with van der Waals surface area (Å²) in [5.74, 6) is 0.773. The first-order valence-electron chi connectivity index (χ1n) is 8.93. The second-order valence-corrected chi connectivity index (χ2v) is 6.91. The zero-order valence-corrected chi connectivity index (χ0v) is 15.1. The lowest BCUT2D eigenvalue weighted by atomic mass is 10.0. The predicted molar refractivity (Wildman–Crippen MR) is 104 cm³/mol. The fourth-order valence-electron chi connectivity index (χ4n) is 3.68. The summed E-state index contributed by atoms with van der Waals surface area (Å²) in [6.07, 6.45) is 5.00. The van der Waals surface area contributed by atoms with Crippen LogP contribution in [0, 0.1) is 0 Å². The van der Waals surface area contributed by atoms with Crippen molar-refractivity contribution in [2.24, 2.45) is 0 Å². The number of hydrogen-bond acceptors (Lipinski definition) is 4. The fraction of sp³-hybridized carbons (Fsp3) is 0.286. The second-order valence-electron chi connectivity index (χ2n) is 6.91. The van der Waals surface area contributed by atoms with Gasteiger partial charge in [0.05, 0.1) is 5.52 Å². The number of hydrogen-bond donors (Lipinski definition) is 1. The van der Waals surface area contributed by atoms with E-state index in [4.69, 9.17) is 0 Å². The van der Waals surface area contributed by atoms with Crippen LogP contribution in [0.15, 0.2) is 42.7 Å². The molecule has 0 fully saturated rings. The number of aryl methyl sites for hydroxylation is 1. The Morgan fingerprint density at radius 2 is 2.04 bits per heavy atom. The molecule has 1 aliphatic carbocycles. The number of amides is 1. The van der Waals surface area contributed by atoms with Crippen LogP contribution in [0.4, 0.5) is 5.82 Å². The normalized spacial score (nSPS) is 12.8. The number of carbonyl (C=O) groups is 1. The van der Waals surface area contributed by atoms with E-state index in [2.05, 4.69) is 33.5 Å². The molecule has 0 unspecified atom stereocenters. The summed E-state index contributed by atoms with van der Waals surface area (Å²) in [5, 5.41) is 3.99. The fourth-order valence-corrected chi connectivity index (χ4v) is 3.68. The Morgan fingerprint density at radius 1 is 1.15 bits per heavy atom. The standard InChI is InChI=1S/C21H22N4O/c1-25(2)20-18-10-9-15(11-19(18)23-13-24-20)21(26)22-12-16-7-3-5-14-6-4-8-17(14)16/h3,5,7,9-11,13H,4,6,8,12H2,1-2H3,(H,22,26). The number of aromatic nitrogens is 2. The molecule has 0 radical (unpaired) electrons. The molecule has 0 atom stereocenters. The average molecular weight is 346 g/mol. The topological polar surface area (TPSA) is 58.1 Å². The summed E-state index contributed by atoms with van der Waals surface area (Å²) in [7, 11) is 3.89. The van der Waals surface area contributed by atoms with Crippen molar-refractivity contribution < 1.29 is 4.79 Å². The summed E-state index contributed by atoms with van der Waals surface area (Å²) < 4.78 is 0. The third-order valence-corrected chi connectivity index (χ3v) is 4.98. The molecule has 0 spiro atoms. The molecule has 26 heavy (non-hydrogen) atoms. The Bertz CT molecular complexity index is 981. The van der Waals surface area contributed by atoms with Crippen LogP contribution in [0.5, 0.6) is 0 Å². The first-order valence-corrected chi connectivity index (χ1v) is 8.93. The molecule has 4 rings (SSSR count). The van der Waals surface area contributed by atoms with Crippen molar-refractivity contribution in [1.29, 1.82) is 0 Å². The van der Waals surface area contributed by atoms with Gasteiger partial charge in [-0.3, -0.25) is 4.79 Å². The molecular formula is C21H22N4O. The third kappa shape index (κ3) is 3.01. The SMILES string of the molecule is CN(C)c1ncnc2cc(C(=O)NCc3cccc4c3CCC4)ccc12. The van der Waals surface area contributed by atoms with E-state index in [0.29, 0.717) is 12.1 Å². The summed E-state index contributed by atoms with van der Waals surface area (Å²) in [6, 6.07) is 12.0. The molecule has 1 heterocycles. The van der Waals surface area contributed by atoms with E-state index >= 15 is 0 Å². The van der Waals surface area contributed by atoms with Gasteiger partial charge in [0.1, 0.15) is 12.1 Å². The van der Waals surface area contributed by atoms with E-state index in [0.717, 1.165) is 29.6 Å². The first kappa shape index (κ1) is 16.5. The minimum absolute atomic E-state index is 0.0764. The zero-order valence-electron chi connectivity index (χ0n) is 15.1. The smallest absolute Gasteiger partial charge is 0.251 e. The van der Waals surface area contributed by atoms with Gasteiger partial charge in [-0.2, -0.15) is 0 Å². The molecule has 3 aromatic rings. The largest absolute Gasteiger partial charge is 0.362 e.